The molecule has 108 valence electrons. The second-order valence-electron chi connectivity index (χ2n) is 4.01. The number of nitrogens with one attached hydrogen (secondary N) is 1. The first-order valence-corrected chi connectivity index (χ1v) is 6.51. The number of amides is 1. The number of rotatable bonds is 4. The van der Waals surface area contributed by atoms with Crippen molar-refractivity contribution >= 4 is 34.6 Å². The van der Waals surface area contributed by atoms with Crippen LogP contribution < -0.4 is 5.32 Å². The molecule has 1 heterocycles. The van der Waals surface area contributed by atoms with Crippen molar-refractivity contribution in [3.05, 3.63) is 50.0 Å². The van der Waals surface area contributed by atoms with Gasteiger partial charge in [0.1, 0.15) is 4.88 Å². The van der Waals surface area contributed by atoms with Crippen molar-refractivity contribution in [1.29, 1.82) is 0 Å². The van der Waals surface area contributed by atoms with E-state index in [0.29, 0.717) is 10.6 Å². The Bertz CT molecular complexity index is 740. The van der Waals surface area contributed by atoms with Gasteiger partial charge in [-0.2, -0.15) is 0 Å². The van der Waals surface area contributed by atoms with Crippen LogP contribution in [0.3, 0.4) is 0 Å². The average molecular weight is 307 g/mol. The molecule has 0 saturated heterocycles. The Morgan fingerprint density at radius 3 is 2.67 bits per heavy atom. The summed E-state index contributed by atoms with van der Waals surface area (Å²) in [7, 11) is 0. The number of aromatic nitrogens is 1. The number of hydrogen-bond donors (Lipinski definition) is 2. The summed E-state index contributed by atoms with van der Waals surface area (Å²) >= 11 is 1.12. The molecular formula is C12H9N3O5S. The van der Waals surface area contributed by atoms with Crippen LogP contribution in [0.4, 0.5) is 11.4 Å². The molecule has 0 bridgehead atoms. The summed E-state index contributed by atoms with van der Waals surface area (Å²) in [6.45, 7) is 1.65. The molecule has 1 aromatic heterocycles. The fourth-order valence-electron chi connectivity index (χ4n) is 1.63. The van der Waals surface area contributed by atoms with Gasteiger partial charge in [0.15, 0.2) is 0 Å². The van der Waals surface area contributed by atoms with Crippen molar-refractivity contribution < 1.29 is 19.6 Å². The number of nitrogens with zero attached hydrogens (tertiary/aromatic N) is 2. The minimum absolute atomic E-state index is 0.00843. The molecule has 2 N–H and O–H groups in total. The third-order valence-electron chi connectivity index (χ3n) is 2.64. The molecular weight excluding hydrogens is 298 g/mol. The van der Waals surface area contributed by atoms with E-state index in [0.717, 1.165) is 23.5 Å². The Labute approximate surface area is 122 Å². The van der Waals surface area contributed by atoms with Crippen LogP contribution in [0.25, 0.3) is 0 Å². The number of carbonyl (C=O) groups excluding carboxylic acids is 1. The minimum atomic E-state index is -1.37. The number of benzene rings is 1. The lowest BCUT2D eigenvalue weighted by Gasteiger charge is -2.07. The van der Waals surface area contributed by atoms with Crippen LogP contribution in [0.15, 0.2) is 23.7 Å². The Balaban J connectivity index is 2.36. The van der Waals surface area contributed by atoms with Crippen LogP contribution in [0.5, 0.6) is 0 Å². The lowest BCUT2D eigenvalue weighted by Crippen LogP contribution is -2.14. The van der Waals surface area contributed by atoms with Crippen LogP contribution in [-0.4, -0.2) is 26.9 Å². The largest absolute Gasteiger partial charge is 0.478 e. The van der Waals surface area contributed by atoms with Gasteiger partial charge in [-0.25, -0.2) is 9.78 Å². The van der Waals surface area contributed by atoms with E-state index in [9.17, 15) is 19.7 Å². The third kappa shape index (κ3) is 3.03. The molecule has 0 unspecified atom stereocenters. The molecule has 0 atom stereocenters. The summed E-state index contributed by atoms with van der Waals surface area (Å²) < 4.78 is 0. The molecule has 0 fully saturated rings. The second-order valence-corrected chi connectivity index (χ2v) is 4.87. The zero-order chi connectivity index (χ0) is 15.6. The molecule has 2 aromatic rings. The number of aryl methyl sites for hydroxylation is 1. The van der Waals surface area contributed by atoms with Gasteiger partial charge in [0.05, 0.1) is 27.4 Å². The predicted octanol–water partition coefficient (Wildman–Crippen LogP) is 2.31. The molecule has 8 nitrogen and oxygen atoms in total. The third-order valence-corrected chi connectivity index (χ3v) is 3.57. The Hall–Kier alpha value is -2.81. The van der Waals surface area contributed by atoms with Crippen LogP contribution in [-0.2, 0) is 0 Å². The van der Waals surface area contributed by atoms with E-state index in [1.807, 2.05) is 0 Å². The van der Waals surface area contributed by atoms with Crippen LogP contribution >= 0.6 is 11.3 Å². The number of hydrogen-bond acceptors (Lipinski definition) is 6. The monoisotopic (exact) mass is 307 g/mol. The molecule has 1 aromatic carbocycles. The van der Waals surface area contributed by atoms with Gasteiger partial charge in [-0.3, -0.25) is 14.9 Å². The lowest BCUT2D eigenvalue weighted by molar-refractivity contribution is -0.384. The summed E-state index contributed by atoms with van der Waals surface area (Å²) in [6, 6.07) is 3.22. The number of carbonyl (C=O) groups is 2. The highest BCUT2D eigenvalue weighted by Gasteiger charge is 2.19. The van der Waals surface area contributed by atoms with Gasteiger partial charge in [0.2, 0.25) is 0 Å². The Morgan fingerprint density at radius 1 is 1.43 bits per heavy atom. The van der Waals surface area contributed by atoms with E-state index in [-0.39, 0.29) is 16.9 Å². The summed E-state index contributed by atoms with van der Waals surface area (Å²) in [4.78, 5) is 37.4. The van der Waals surface area contributed by atoms with E-state index in [1.165, 1.54) is 11.6 Å². The van der Waals surface area contributed by atoms with Gasteiger partial charge in [0.25, 0.3) is 11.6 Å². The molecule has 0 aliphatic heterocycles. The Kier molecular flexibility index (Phi) is 3.94. The first-order chi connectivity index (χ1) is 9.90. The number of carboxylic acid groups (broad SMARTS) is 1. The van der Waals surface area contributed by atoms with Gasteiger partial charge in [0, 0.05) is 12.1 Å². The van der Waals surface area contributed by atoms with E-state index in [2.05, 4.69) is 10.3 Å². The fourth-order valence-corrected chi connectivity index (χ4v) is 2.33. The van der Waals surface area contributed by atoms with Crippen molar-refractivity contribution in [3.8, 4) is 0 Å². The van der Waals surface area contributed by atoms with Gasteiger partial charge in [-0.15, -0.1) is 11.3 Å². The maximum absolute atomic E-state index is 12.0. The molecule has 0 aliphatic rings. The summed E-state index contributed by atoms with van der Waals surface area (Å²) in [6.07, 6.45) is 0. The molecule has 0 spiro atoms. The van der Waals surface area contributed by atoms with Gasteiger partial charge >= 0.3 is 5.97 Å². The molecule has 9 heteroatoms. The number of nitro benzene ring substituents is 1. The number of anilines is 1. The number of nitro groups is 1. The van der Waals surface area contributed by atoms with Crippen LogP contribution in [0.1, 0.15) is 25.7 Å². The van der Waals surface area contributed by atoms with Crippen molar-refractivity contribution in [2.24, 2.45) is 0 Å². The van der Waals surface area contributed by atoms with Crippen molar-refractivity contribution in [2.45, 2.75) is 6.92 Å². The van der Waals surface area contributed by atoms with Crippen molar-refractivity contribution in [3.63, 3.8) is 0 Å². The normalized spacial score (nSPS) is 10.1. The summed E-state index contributed by atoms with van der Waals surface area (Å²) in [5.74, 6) is -1.87. The predicted molar refractivity (Wildman–Crippen MR) is 74.9 cm³/mol. The van der Waals surface area contributed by atoms with Gasteiger partial charge < -0.3 is 10.4 Å². The molecule has 0 saturated carbocycles. The zero-order valence-electron chi connectivity index (χ0n) is 10.7. The van der Waals surface area contributed by atoms with Crippen LogP contribution in [0.2, 0.25) is 0 Å². The van der Waals surface area contributed by atoms with E-state index in [4.69, 9.17) is 5.11 Å². The van der Waals surface area contributed by atoms with Gasteiger partial charge in [-0.1, -0.05) is 0 Å². The summed E-state index contributed by atoms with van der Waals surface area (Å²) in [5, 5.41) is 22.2. The number of carboxylic acids is 1. The number of non-ortho nitro benzene ring substituents is 1. The van der Waals surface area contributed by atoms with Crippen molar-refractivity contribution in [1.82, 2.24) is 4.98 Å². The lowest BCUT2D eigenvalue weighted by atomic mass is 10.1. The maximum atomic E-state index is 12.0. The second kappa shape index (κ2) is 5.67. The van der Waals surface area contributed by atoms with E-state index >= 15 is 0 Å². The van der Waals surface area contributed by atoms with E-state index in [1.54, 1.807) is 6.92 Å². The first kappa shape index (κ1) is 14.6. The molecule has 2 rings (SSSR count). The fraction of sp³-hybridized carbons (Fsp3) is 0.0833. The first-order valence-electron chi connectivity index (χ1n) is 5.63. The summed E-state index contributed by atoms with van der Waals surface area (Å²) in [5.41, 5.74) is 1.30. The zero-order valence-corrected chi connectivity index (χ0v) is 11.5. The topological polar surface area (TPSA) is 122 Å². The average Bonchev–Trinajstić information content (AvgIpc) is 2.85. The molecule has 0 aliphatic carbocycles. The molecule has 21 heavy (non-hydrogen) atoms. The highest BCUT2D eigenvalue weighted by atomic mass is 32.1. The highest BCUT2D eigenvalue weighted by Crippen LogP contribution is 2.23. The number of aromatic carboxylic acids is 1. The SMILES string of the molecule is Cc1ncsc1C(=O)Nc1ccc([N+](=O)[O-])cc1C(=O)O. The maximum Gasteiger partial charge on any atom is 0.338 e. The standard InChI is InChI=1S/C12H9N3O5S/c1-6-10(21-5-13-6)11(16)14-9-3-2-7(15(19)20)4-8(9)12(17)18/h2-5H,1H3,(H,14,16)(H,17,18). The van der Waals surface area contributed by atoms with Gasteiger partial charge in [-0.05, 0) is 13.0 Å². The Morgan fingerprint density at radius 2 is 2.14 bits per heavy atom. The molecule has 0 radical (unpaired) electrons. The quantitative estimate of drug-likeness (QED) is 0.660. The van der Waals surface area contributed by atoms with Crippen LogP contribution in [0, 0.1) is 17.0 Å². The molecule has 1 amide bonds. The minimum Gasteiger partial charge on any atom is -0.478 e. The number of thiazole rings is 1. The smallest absolute Gasteiger partial charge is 0.338 e. The van der Waals surface area contributed by atoms with Crippen molar-refractivity contribution in [2.75, 3.05) is 5.32 Å². The highest BCUT2D eigenvalue weighted by molar-refractivity contribution is 7.12. The van der Waals surface area contributed by atoms with E-state index < -0.39 is 16.8 Å².